The highest BCUT2D eigenvalue weighted by molar-refractivity contribution is 7.84. The molecule has 18 heavy (non-hydrogen) atoms. The van der Waals surface area contributed by atoms with Crippen molar-refractivity contribution in [1.82, 2.24) is 0 Å². The number of aromatic carboxylic acids is 1. The first-order valence-corrected chi connectivity index (χ1v) is 7.40. The average molecular weight is 272 g/mol. The van der Waals surface area contributed by atoms with Gasteiger partial charge in [0, 0.05) is 22.1 Å². The lowest BCUT2D eigenvalue weighted by Gasteiger charge is -2.05. The molecule has 3 nitrogen and oxygen atoms in total. The minimum absolute atomic E-state index is 0.0250. The van der Waals surface area contributed by atoms with E-state index in [1.54, 1.807) is 0 Å². The molecular formula is C13H17FO3S. The van der Waals surface area contributed by atoms with Gasteiger partial charge in [-0.05, 0) is 24.6 Å². The molecule has 0 aliphatic carbocycles. The Balaban J connectivity index is 2.68. The summed E-state index contributed by atoms with van der Waals surface area (Å²) in [5, 5.41) is 8.81. The predicted octanol–water partition coefficient (Wildman–Crippen LogP) is 2.96. The molecule has 100 valence electrons. The van der Waals surface area contributed by atoms with Gasteiger partial charge in [-0.15, -0.1) is 0 Å². The molecule has 1 N–H and O–H groups in total. The van der Waals surface area contributed by atoms with Crippen LogP contribution in [0.4, 0.5) is 4.39 Å². The monoisotopic (exact) mass is 272 g/mol. The highest BCUT2D eigenvalue weighted by Crippen LogP contribution is 2.13. The van der Waals surface area contributed by atoms with Gasteiger partial charge in [0.2, 0.25) is 0 Å². The van der Waals surface area contributed by atoms with Gasteiger partial charge in [-0.3, -0.25) is 4.21 Å². The third-order valence-corrected chi connectivity index (χ3v) is 3.96. The lowest BCUT2D eigenvalue weighted by molar-refractivity contribution is 0.0696. The van der Waals surface area contributed by atoms with Crippen molar-refractivity contribution >= 4 is 16.8 Å². The molecule has 0 saturated carbocycles. The number of benzene rings is 1. The lowest BCUT2D eigenvalue weighted by Crippen LogP contribution is -2.05. The van der Waals surface area contributed by atoms with E-state index in [1.165, 1.54) is 12.1 Å². The van der Waals surface area contributed by atoms with Crippen LogP contribution in [-0.2, 0) is 16.6 Å². The van der Waals surface area contributed by atoms with Crippen molar-refractivity contribution in [3.05, 3.63) is 35.1 Å². The molecule has 1 atom stereocenters. The quantitative estimate of drug-likeness (QED) is 0.776. The van der Waals surface area contributed by atoms with Crippen LogP contribution in [0.1, 0.15) is 42.1 Å². The van der Waals surface area contributed by atoms with Crippen molar-refractivity contribution in [1.29, 1.82) is 0 Å². The highest BCUT2D eigenvalue weighted by Gasteiger charge is 2.11. The Bertz CT molecular complexity index is 446. The molecule has 1 aromatic carbocycles. The number of hydrogen-bond acceptors (Lipinski definition) is 2. The molecule has 0 aliphatic rings. The van der Waals surface area contributed by atoms with Crippen LogP contribution in [0.25, 0.3) is 0 Å². The summed E-state index contributed by atoms with van der Waals surface area (Å²) in [6.45, 7) is 2.05. The van der Waals surface area contributed by atoms with Gasteiger partial charge < -0.3 is 5.11 Å². The van der Waals surface area contributed by atoms with Crippen LogP contribution in [0.5, 0.6) is 0 Å². The number of halogens is 1. The Morgan fingerprint density at radius 2 is 2.11 bits per heavy atom. The number of carbonyl (C=O) groups is 1. The summed E-state index contributed by atoms with van der Waals surface area (Å²) in [7, 11) is -1.14. The maximum Gasteiger partial charge on any atom is 0.335 e. The van der Waals surface area contributed by atoms with Crippen LogP contribution >= 0.6 is 0 Å². The molecule has 0 heterocycles. The van der Waals surface area contributed by atoms with E-state index in [4.69, 9.17) is 5.11 Å². The summed E-state index contributed by atoms with van der Waals surface area (Å²) in [5.41, 5.74) is 0.238. The molecule has 0 saturated heterocycles. The predicted molar refractivity (Wildman–Crippen MR) is 69.6 cm³/mol. The maximum absolute atomic E-state index is 13.5. The molecule has 0 aliphatic heterocycles. The normalized spacial score (nSPS) is 12.3. The topological polar surface area (TPSA) is 54.4 Å². The maximum atomic E-state index is 13.5. The zero-order chi connectivity index (χ0) is 13.5. The Hall–Kier alpha value is -1.23. The average Bonchev–Trinajstić information content (AvgIpc) is 2.32. The van der Waals surface area contributed by atoms with Gasteiger partial charge in [0.15, 0.2) is 0 Å². The van der Waals surface area contributed by atoms with E-state index in [2.05, 4.69) is 6.92 Å². The molecule has 0 aromatic heterocycles. The molecule has 0 radical (unpaired) electrons. The van der Waals surface area contributed by atoms with Crippen LogP contribution < -0.4 is 0 Å². The van der Waals surface area contributed by atoms with Crippen molar-refractivity contribution in [3.8, 4) is 0 Å². The van der Waals surface area contributed by atoms with Crippen molar-refractivity contribution < 1.29 is 18.5 Å². The lowest BCUT2D eigenvalue weighted by atomic mass is 10.1. The van der Waals surface area contributed by atoms with Crippen LogP contribution in [0, 0.1) is 5.82 Å². The number of rotatable bonds is 7. The molecule has 0 fully saturated rings. The Kier molecular flexibility index (Phi) is 5.98. The fourth-order valence-corrected chi connectivity index (χ4v) is 2.82. The summed E-state index contributed by atoms with van der Waals surface area (Å²) < 4.78 is 25.2. The molecule has 1 rings (SSSR count). The molecular weight excluding hydrogens is 255 g/mol. The minimum Gasteiger partial charge on any atom is -0.478 e. The summed E-state index contributed by atoms with van der Waals surface area (Å²) in [5.74, 6) is -0.988. The fraction of sp³-hybridized carbons (Fsp3) is 0.462. The van der Waals surface area contributed by atoms with Crippen LogP contribution in [0.3, 0.4) is 0 Å². The van der Waals surface area contributed by atoms with Gasteiger partial charge in [-0.1, -0.05) is 19.8 Å². The van der Waals surface area contributed by atoms with E-state index in [9.17, 15) is 13.4 Å². The minimum atomic E-state index is -1.14. The summed E-state index contributed by atoms with van der Waals surface area (Å²) in [4.78, 5) is 10.8. The van der Waals surface area contributed by atoms with Crippen molar-refractivity contribution in [2.75, 3.05) is 5.75 Å². The smallest absolute Gasteiger partial charge is 0.335 e. The fourth-order valence-electron chi connectivity index (χ4n) is 1.58. The van der Waals surface area contributed by atoms with Crippen LogP contribution in [0.2, 0.25) is 0 Å². The Morgan fingerprint density at radius 3 is 2.72 bits per heavy atom. The largest absolute Gasteiger partial charge is 0.478 e. The SMILES string of the molecule is CCCCCS(=O)Cc1cc(C(=O)O)ccc1F. The summed E-state index contributed by atoms with van der Waals surface area (Å²) in [6.07, 6.45) is 2.90. The van der Waals surface area contributed by atoms with Crippen molar-refractivity contribution in [2.45, 2.75) is 31.9 Å². The Labute approximate surface area is 108 Å². The second kappa shape index (κ2) is 7.26. The van der Waals surface area contributed by atoms with E-state index in [1.807, 2.05) is 0 Å². The van der Waals surface area contributed by atoms with E-state index < -0.39 is 22.6 Å². The first-order valence-electron chi connectivity index (χ1n) is 5.91. The van der Waals surface area contributed by atoms with E-state index in [0.29, 0.717) is 5.75 Å². The molecule has 0 spiro atoms. The van der Waals surface area contributed by atoms with Gasteiger partial charge in [0.1, 0.15) is 5.82 Å². The third-order valence-electron chi connectivity index (χ3n) is 2.58. The number of unbranched alkanes of at least 4 members (excludes halogenated alkanes) is 2. The van der Waals surface area contributed by atoms with Crippen LogP contribution in [0.15, 0.2) is 18.2 Å². The third kappa shape index (κ3) is 4.56. The Morgan fingerprint density at radius 1 is 1.39 bits per heavy atom. The number of hydrogen-bond donors (Lipinski definition) is 1. The highest BCUT2D eigenvalue weighted by atomic mass is 32.2. The standard InChI is InChI=1S/C13H17FO3S/c1-2-3-4-7-18(17)9-11-8-10(13(15)16)5-6-12(11)14/h5-6,8H,2-4,7,9H2,1H3,(H,15,16). The zero-order valence-electron chi connectivity index (χ0n) is 10.3. The second-order valence-corrected chi connectivity index (χ2v) is 5.68. The van der Waals surface area contributed by atoms with E-state index >= 15 is 0 Å². The molecule has 1 unspecified atom stereocenters. The van der Waals surface area contributed by atoms with Gasteiger partial charge in [-0.2, -0.15) is 0 Å². The summed E-state index contributed by atoms with van der Waals surface area (Å²) >= 11 is 0. The van der Waals surface area contributed by atoms with Crippen molar-refractivity contribution in [3.63, 3.8) is 0 Å². The van der Waals surface area contributed by atoms with Crippen LogP contribution in [-0.4, -0.2) is 21.0 Å². The zero-order valence-corrected chi connectivity index (χ0v) is 11.1. The molecule has 1 aromatic rings. The molecule has 0 amide bonds. The number of carboxylic acids is 1. The van der Waals surface area contributed by atoms with Gasteiger partial charge >= 0.3 is 5.97 Å². The second-order valence-electron chi connectivity index (χ2n) is 4.11. The van der Waals surface area contributed by atoms with Gasteiger partial charge in [0.05, 0.1) is 11.3 Å². The van der Waals surface area contributed by atoms with Gasteiger partial charge in [-0.25, -0.2) is 9.18 Å². The number of carboxylic acid groups (broad SMARTS) is 1. The van der Waals surface area contributed by atoms with E-state index in [0.717, 1.165) is 25.3 Å². The van der Waals surface area contributed by atoms with Gasteiger partial charge in [0.25, 0.3) is 0 Å². The summed E-state index contributed by atoms with van der Waals surface area (Å²) in [6, 6.07) is 3.58. The van der Waals surface area contributed by atoms with Crippen molar-refractivity contribution in [2.24, 2.45) is 0 Å². The first-order chi connectivity index (χ1) is 8.54. The first kappa shape index (κ1) is 14.8. The molecule has 0 bridgehead atoms. The van der Waals surface area contributed by atoms with E-state index in [-0.39, 0.29) is 16.9 Å². The molecule has 5 heteroatoms.